The minimum atomic E-state index is -0.506. The fourth-order valence-corrected chi connectivity index (χ4v) is 2.87. The lowest BCUT2D eigenvalue weighted by atomic mass is 9.93. The van der Waals surface area contributed by atoms with Crippen LogP contribution in [-0.4, -0.2) is 22.5 Å². The molecule has 144 valence electrons. The van der Waals surface area contributed by atoms with Gasteiger partial charge in [-0.05, 0) is 42.5 Å². The van der Waals surface area contributed by atoms with E-state index in [4.69, 9.17) is 25.8 Å². The quantitative estimate of drug-likeness (QED) is 0.594. The first-order chi connectivity index (χ1) is 13.3. The summed E-state index contributed by atoms with van der Waals surface area (Å²) in [5.74, 6) is 0.956. The fraction of sp³-hybridized carbons (Fsp3) is 0.238. The van der Waals surface area contributed by atoms with E-state index in [9.17, 15) is 4.79 Å². The maximum absolute atomic E-state index is 12.7. The van der Waals surface area contributed by atoms with Crippen LogP contribution in [0, 0.1) is 0 Å². The van der Waals surface area contributed by atoms with Crippen molar-refractivity contribution in [3.05, 3.63) is 64.8 Å². The number of esters is 1. The lowest BCUT2D eigenvalue weighted by molar-refractivity contribution is 0.0722. The third kappa shape index (κ3) is 3.55. The minimum absolute atomic E-state index is 0.145. The van der Waals surface area contributed by atoms with Crippen molar-refractivity contribution in [1.82, 2.24) is 9.78 Å². The molecule has 1 aromatic heterocycles. The maximum Gasteiger partial charge on any atom is 0.344 e. The van der Waals surface area contributed by atoms with Crippen LogP contribution in [0.3, 0.4) is 0 Å². The third-order valence-electron chi connectivity index (χ3n) is 4.32. The number of benzene rings is 2. The van der Waals surface area contributed by atoms with E-state index < -0.39 is 5.97 Å². The summed E-state index contributed by atoms with van der Waals surface area (Å²) in [6, 6.07) is 13.9. The van der Waals surface area contributed by atoms with Gasteiger partial charge >= 0.3 is 5.97 Å². The van der Waals surface area contributed by atoms with Crippen LogP contribution in [0.4, 0.5) is 0 Å². The Labute approximate surface area is 167 Å². The van der Waals surface area contributed by atoms with Crippen LogP contribution >= 0.6 is 11.6 Å². The van der Waals surface area contributed by atoms with Crippen molar-refractivity contribution in [1.29, 1.82) is 0 Å². The smallest absolute Gasteiger partial charge is 0.344 e. The zero-order chi connectivity index (χ0) is 19.9. The van der Waals surface area contributed by atoms with Gasteiger partial charge in [-0.3, -0.25) is 0 Å². The molecule has 0 amide bonds. The zero-order valence-electron chi connectivity index (χ0n) is 15.7. The molecule has 1 aliphatic rings. The monoisotopic (exact) mass is 398 g/mol. The van der Waals surface area contributed by atoms with Gasteiger partial charge in [0, 0.05) is 16.5 Å². The summed E-state index contributed by atoms with van der Waals surface area (Å²) in [6.07, 6.45) is 0. The van der Waals surface area contributed by atoms with Crippen molar-refractivity contribution in [3.63, 3.8) is 0 Å². The highest BCUT2D eigenvalue weighted by molar-refractivity contribution is 6.30. The number of carbonyl (C=O) groups is 1. The van der Waals surface area contributed by atoms with Crippen molar-refractivity contribution >= 4 is 17.6 Å². The molecule has 1 aliphatic heterocycles. The molecule has 0 unspecified atom stereocenters. The highest BCUT2D eigenvalue weighted by Crippen LogP contribution is 2.33. The molecule has 3 aromatic rings. The molecule has 0 fully saturated rings. The molecule has 7 heteroatoms. The standard InChI is InChI=1S/C21H19ClN2O4/c1-21(2,3)18-11-19(24(23-18)15-7-5-14(22)6-8-15)28-20(25)13-4-9-16-17(10-13)27-12-26-16/h4-11H,12H2,1-3H3. The van der Waals surface area contributed by atoms with E-state index in [-0.39, 0.29) is 12.2 Å². The lowest BCUT2D eigenvalue weighted by Crippen LogP contribution is -2.13. The summed E-state index contributed by atoms with van der Waals surface area (Å²) in [5.41, 5.74) is 1.70. The SMILES string of the molecule is CC(C)(C)c1cc(OC(=O)c2ccc3c(c2)OCO3)n(-c2ccc(Cl)cc2)n1. The molecule has 4 rings (SSSR count). The van der Waals surface area contributed by atoms with E-state index in [0.29, 0.717) is 28.0 Å². The van der Waals surface area contributed by atoms with Crippen LogP contribution in [-0.2, 0) is 5.41 Å². The maximum atomic E-state index is 12.7. The van der Waals surface area contributed by atoms with E-state index in [2.05, 4.69) is 5.10 Å². The summed E-state index contributed by atoms with van der Waals surface area (Å²) in [5, 5.41) is 5.25. The Hall–Kier alpha value is -2.99. The Morgan fingerprint density at radius 3 is 2.50 bits per heavy atom. The number of halogens is 1. The van der Waals surface area contributed by atoms with Crippen LogP contribution in [0.1, 0.15) is 36.8 Å². The number of rotatable bonds is 3. The van der Waals surface area contributed by atoms with Crippen LogP contribution in [0.2, 0.25) is 5.02 Å². The first kappa shape index (κ1) is 18.4. The first-order valence-electron chi connectivity index (χ1n) is 8.79. The van der Waals surface area contributed by atoms with E-state index in [1.54, 1.807) is 41.1 Å². The number of nitrogens with zero attached hydrogens (tertiary/aromatic N) is 2. The van der Waals surface area contributed by atoms with Gasteiger partial charge < -0.3 is 14.2 Å². The van der Waals surface area contributed by atoms with E-state index in [0.717, 1.165) is 11.4 Å². The fourth-order valence-electron chi connectivity index (χ4n) is 2.75. The van der Waals surface area contributed by atoms with Gasteiger partial charge in [0.2, 0.25) is 12.7 Å². The number of aromatic nitrogens is 2. The molecule has 0 radical (unpaired) electrons. The van der Waals surface area contributed by atoms with Crippen molar-refractivity contribution < 1.29 is 19.0 Å². The predicted octanol–water partition coefficient (Wildman–Crippen LogP) is 4.77. The normalized spacial score (nSPS) is 12.9. The minimum Gasteiger partial charge on any atom is -0.454 e. The third-order valence-corrected chi connectivity index (χ3v) is 4.57. The summed E-state index contributed by atoms with van der Waals surface area (Å²) in [4.78, 5) is 12.7. The van der Waals surface area contributed by atoms with Gasteiger partial charge in [-0.2, -0.15) is 5.10 Å². The molecule has 2 heterocycles. The van der Waals surface area contributed by atoms with Crippen LogP contribution in [0.25, 0.3) is 5.69 Å². The number of hydrogen-bond acceptors (Lipinski definition) is 5. The Morgan fingerprint density at radius 2 is 1.79 bits per heavy atom. The number of carbonyl (C=O) groups excluding carboxylic acids is 1. The van der Waals surface area contributed by atoms with Crippen molar-refractivity contribution in [2.24, 2.45) is 0 Å². The van der Waals surface area contributed by atoms with E-state index >= 15 is 0 Å². The van der Waals surface area contributed by atoms with E-state index in [1.807, 2.05) is 32.9 Å². The van der Waals surface area contributed by atoms with Gasteiger partial charge in [0.05, 0.1) is 16.9 Å². The Morgan fingerprint density at radius 1 is 1.07 bits per heavy atom. The molecule has 0 atom stereocenters. The van der Waals surface area contributed by atoms with Gasteiger partial charge in [-0.25, -0.2) is 9.48 Å². The second-order valence-electron chi connectivity index (χ2n) is 7.46. The Bertz CT molecular complexity index is 1040. The molecule has 0 saturated heterocycles. The number of ether oxygens (including phenoxy) is 3. The molecular weight excluding hydrogens is 380 g/mol. The zero-order valence-corrected chi connectivity index (χ0v) is 16.5. The lowest BCUT2D eigenvalue weighted by Gasteiger charge is -2.13. The van der Waals surface area contributed by atoms with Gasteiger partial charge in [0.25, 0.3) is 0 Å². The molecule has 0 N–H and O–H groups in total. The second-order valence-corrected chi connectivity index (χ2v) is 7.90. The van der Waals surface area contributed by atoms with Crippen molar-refractivity contribution in [3.8, 4) is 23.1 Å². The number of fused-ring (bicyclic) bond motifs is 1. The molecule has 28 heavy (non-hydrogen) atoms. The van der Waals surface area contributed by atoms with Gasteiger partial charge in [-0.15, -0.1) is 0 Å². The average molecular weight is 399 g/mol. The Kier molecular flexibility index (Phi) is 4.51. The highest BCUT2D eigenvalue weighted by Gasteiger charge is 2.24. The second kappa shape index (κ2) is 6.87. The van der Waals surface area contributed by atoms with Gasteiger partial charge in [0.15, 0.2) is 11.5 Å². The number of hydrogen-bond donors (Lipinski definition) is 0. The van der Waals surface area contributed by atoms with Crippen LogP contribution < -0.4 is 14.2 Å². The van der Waals surface area contributed by atoms with Crippen molar-refractivity contribution in [2.75, 3.05) is 6.79 Å². The topological polar surface area (TPSA) is 62.6 Å². The average Bonchev–Trinajstić information content (AvgIpc) is 3.28. The Balaban J connectivity index is 1.69. The predicted molar refractivity (Wildman–Crippen MR) is 105 cm³/mol. The van der Waals surface area contributed by atoms with E-state index in [1.165, 1.54) is 0 Å². The molecule has 2 aromatic carbocycles. The highest BCUT2D eigenvalue weighted by atomic mass is 35.5. The summed E-state index contributed by atoms with van der Waals surface area (Å²) < 4.78 is 17.9. The summed E-state index contributed by atoms with van der Waals surface area (Å²) in [6.45, 7) is 6.28. The molecule has 0 bridgehead atoms. The van der Waals surface area contributed by atoms with Gasteiger partial charge in [-0.1, -0.05) is 32.4 Å². The molecule has 0 aliphatic carbocycles. The molecule has 0 saturated carbocycles. The van der Waals surface area contributed by atoms with Crippen molar-refractivity contribution in [2.45, 2.75) is 26.2 Å². The molecular formula is C21H19ClN2O4. The molecule has 0 spiro atoms. The van der Waals surface area contributed by atoms with Crippen LogP contribution in [0.5, 0.6) is 17.4 Å². The first-order valence-corrected chi connectivity index (χ1v) is 9.17. The summed E-state index contributed by atoms with van der Waals surface area (Å²) >= 11 is 5.99. The molecule has 6 nitrogen and oxygen atoms in total. The largest absolute Gasteiger partial charge is 0.454 e. The summed E-state index contributed by atoms with van der Waals surface area (Å²) in [7, 11) is 0. The van der Waals surface area contributed by atoms with Crippen LogP contribution in [0.15, 0.2) is 48.5 Å². The van der Waals surface area contributed by atoms with Gasteiger partial charge in [0.1, 0.15) is 0 Å².